The second-order valence-corrected chi connectivity index (χ2v) is 5.87. The van der Waals surface area contributed by atoms with E-state index in [0.717, 1.165) is 11.0 Å². The van der Waals surface area contributed by atoms with E-state index in [9.17, 15) is 9.59 Å². The molecule has 0 spiro atoms. The lowest BCUT2D eigenvalue weighted by atomic mass is 9.93. The average molecular weight is 336 g/mol. The number of aromatic nitrogens is 2. The van der Waals surface area contributed by atoms with E-state index in [1.165, 1.54) is 13.2 Å². The molecule has 3 rings (SSSR count). The summed E-state index contributed by atoms with van der Waals surface area (Å²) in [5, 5.41) is 4.05. The van der Waals surface area contributed by atoms with E-state index in [-0.39, 0.29) is 5.78 Å². The van der Waals surface area contributed by atoms with Crippen LogP contribution in [0.15, 0.2) is 41.1 Å². The summed E-state index contributed by atoms with van der Waals surface area (Å²) in [7, 11) is 4.98. The van der Waals surface area contributed by atoms with Crippen molar-refractivity contribution in [1.82, 2.24) is 9.72 Å². The molecule has 2 aromatic heterocycles. The highest BCUT2D eigenvalue weighted by atomic mass is 16.5. The lowest BCUT2D eigenvalue weighted by Crippen LogP contribution is -2.06. The zero-order valence-corrected chi connectivity index (χ0v) is 14.5. The van der Waals surface area contributed by atoms with Crippen molar-refractivity contribution in [3.63, 3.8) is 0 Å². The number of hydrogen-bond donors (Lipinski definition) is 0. The first-order valence-electron chi connectivity index (χ1n) is 7.75. The fourth-order valence-electron chi connectivity index (χ4n) is 2.69. The predicted molar refractivity (Wildman–Crippen MR) is 95.0 cm³/mol. The molecule has 2 heterocycles. The predicted octanol–water partition coefficient (Wildman–Crippen LogP) is 1.26. The lowest BCUT2D eigenvalue weighted by molar-refractivity contribution is 0.0590. The molecule has 7 heteroatoms. The number of ketones is 1. The summed E-state index contributed by atoms with van der Waals surface area (Å²) >= 11 is 0. The summed E-state index contributed by atoms with van der Waals surface area (Å²) in [5.74, 6) is -0.313. The van der Waals surface area contributed by atoms with Gasteiger partial charge in [-0.2, -0.15) is 0 Å². The fourth-order valence-corrected chi connectivity index (χ4v) is 2.69. The molecule has 6 nitrogen and oxygen atoms in total. The van der Waals surface area contributed by atoms with Gasteiger partial charge in [-0.1, -0.05) is 34.9 Å². The Labute approximate surface area is 145 Å². The van der Waals surface area contributed by atoms with Crippen LogP contribution in [0, 0.1) is 6.92 Å². The molecule has 3 aromatic rings. The number of carbonyl (C=O) groups is 2. The zero-order chi connectivity index (χ0) is 18.1. The van der Waals surface area contributed by atoms with Crippen molar-refractivity contribution >= 4 is 25.1 Å². The Hall–Kier alpha value is -3.09. The van der Waals surface area contributed by atoms with Gasteiger partial charge in [-0.3, -0.25) is 4.79 Å². The number of aryl methyl sites for hydroxylation is 2. The first kappa shape index (κ1) is 16.8. The van der Waals surface area contributed by atoms with E-state index in [1.807, 2.05) is 32.1 Å². The third kappa shape index (κ3) is 3.00. The monoisotopic (exact) mass is 336 g/mol. The molecule has 0 fully saturated rings. The zero-order valence-electron chi connectivity index (χ0n) is 14.5. The molecule has 0 atom stereocenters. The first-order chi connectivity index (χ1) is 11.9. The van der Waals surface area contributed by atoms with Gasteiger partial charge in [0, 0.05) is 24.4 Å². The van der Waals surface area contributed by atoms with Crippen molar-refractivity contribution in [1.29, 1.82) is 0 Å². The van der Waals surface area contributed by atoms with Crippen molar-refractivity contribution < 1.29 is 18.8 Å². The Morgan fingerprint density at radius 1 is 1.24 bits per heavy atom. The minimum absolute atomic E-state index is 0.250. The number of esters is 1. The molecular weight excluding hydrogens is 319 g/mol. The minimum Gasteiger partial charge on any atom is -0.464 e. The molecular formula is C18H17BN2O4. The van der Waals surface area contributed by atoms with Crippen LogP contribution in [0.25, 0.3) is 11.3 Å². The Kier molecular flexibility index (Phi) is 4.31. The van der Waals surface area contributed by atoms with Crippen molar-refractivity contribution in [2.45, 2.75) is 6.92 Å². The van der Waals surface area contributed by atoms with Crippen molar-refractivity contribution in [3.05, 3.63) is 59.1 Å². The summed E-state index contributed by atoms with van der Waals surface area (Å²) in [6, 6.07) is 9.21. The quantitative estimate of drug-likeness (QED) is 0.407. The van der Waals surface area contributed by atoms with Crippen LogP contribution in [-0.4, -0.2) is 36.4 Å². The summed E-state index contributed by atoms with van der Waals surface area (Å²) in [6.07, 6.45) is 1.60. The van der Waals surface area contributed by atoms with Crippen LogP contribution in [0.5, 0.6) is 0 Å². The molecule has 0 aliphatic heterocycles. The van der Waals surface area contributed by atoms with Gasteiger partial charge >= 0.3 is 5.97 Å². The van der Waals surface area contributed by atoms with Crippen LogP contribution in [0.1, 0.15) is 32.2 Å². The Morgan fingerprint density at radius 3 is 2.56 bits per heavy atom. The van der Waals surface area contributed by atoms with E-state index in [4.69, 9.17) is 9.26 Å². The Balaban J connectivity index is 2.05. The van der Waals surface area contributed by atoms with Crippen LogP contribution in [-0.2, 0) is 11.8 Å². The third-order valence-electron chi connectivity index (χ3n) is 4.08. The lowest BCUT2D eigenvalue weighted by Gasteiger charge is -2.01. The molecule has 0 unspecified atom stereocenters. The maximum Gasteiger partial charge on any atom is 0.354 e. The van der Waals surface area contributed by atoms with E-state index >= 15 is 0 Å². The highest BCUT2D eigenvalue weighted by molar-refractivity contribution is 6.32. The van der Waals surface area contributed by atoms with Crippen LogP contribution < -0.4 is 5.46 Å². The van der Waals surface area contributed by atoms with Gasteiger partial charge in [0.25, 0.3) is 0 Å². The second kappa shape index (κ2) is 6.43. The van der Waals surface area contributed by atoms with Gasteiger partial charge in [0.05, 0.1) is 12.7 Å². The number of nitrogens with zero attached hydrogens (tertiary/aromatic N) is 2. The molecule has 0 N–H and O–H groups in total. The van der Waals surface area contributed by atoms with Gasteiger partial charge in [0.2, 0.25) is 0 Å². The van der Waals surface area contributed by atoms with Gasteiger partial charge < -0.3 is 13.8 Å². The minimum atomic E-state index is -0.498. The smallest absolute Gasteiger partial charge is 0.354 e. The number of carbonyl (C=O) groups excluding carboxylic acids is 2. The van der Waals surface area contributed by atoms with Gasteiger partial charge in [-0.25, -0.2) is 4.79 Å². The number of hydrogen-bond acceptors (Lipinski definition) is 5. The van der Waals surface area contributed by atoms with Crippen LogP contribution in [0.3, 0.4) is 0 Å². The van der Waals surface area contributed by atoms with Crippen molar-refractivity contribution in [2.24, 2.45) is 7.05 Å². The third-order valence-corrected chi connectivity index (χ3v) is 4.08. The molecule has 0 saturated heterocycles. The van der Waals surface area contributed by atoms with E-state index in [2.05, 4.69) is 5.16 Å². The Morgan fingerprint density at radius 2 is 1.92 bits per heavy atom. The van der Waals surface area contributed by atoms with Crippen LogP contribution in [0.4, 0.5) is 0 Å². The molecule has 0 radical (unpaired) electrons. The molecule has 0 amide bonds. The van der Waals surface area contributed by atoms with E-state index < -0.39 is 5.97 Å². The highest BCUT2D eigenvalue weighted by Gasteiger charge is 2.25. The number of rotatable bonds is 4. The molecule has 0 saturated carbocycles. The molecule has 25 heavy (non-hydrogen) atoms. The molecule has 1 aromatic carbocycles. The number of ether oxygens (including phenoxy) is 1. The van der Waals surface area contributed by atoms with Crippen molar-refractivity contribution in [3.8, 4) is 11.3 Å². The maximum atomic E-state index is 13.0. The topological polar surface area (TPSA) is 74.3 Å². The van der Waals surface area contributed by atoms with Gasteiger partial charge in [-0.05, 0) is 13.0 Å². The van der Waals surface area contributed by atoms with Gasteiger partial charge in [-0.15, -0.1) is 0 Å². The fraction of sp³-hybridized carbons (Fsp3) is 0.167. The SMILES string of the molecule is Bc1ccc(-c2noc(C)c2C(=O)c2cc(C(=O)OC)n(C)c2)cc1. The Bertz CT molecular complexity index is 954. The molecule has 0 bridgehead atoms. The summed E-state index contributed by atoms with van der Waals surface area (Å²) < 4.78 is 11.5. The molecule has 0 aliphatic carbocycles. The normalized spacial score (nSPS) is 10.7. The van der Waals surface area contributed by atoms with Crippen LogP contribution >= 0.6 is 0 Å². The largest absolute Gasteiger partial charge is 0.464 e. The average Bonchev–Trinajstić information content (AvgIpc) is 3.17. The van der Waals surface area contributed by atoms with Gasteiger partial charge in [0.1, 0.15) is 25.0 Å². The van der Waals surface area contributed by atoms with Crippen LogP contribution in [0.2, 0.25) is 0 Å². The van der Waals surface area contributed by atoms with Gasteiger partial charge in [0.15, 0.2) is 5.78 Å². The summed E-state index contributed by atoms with van der Waals surface area (Å²) in [6.45, 7) is 1.70. The highest BCUT2D eigenvalue weighted by Crippen LogP contribution is 2.27. The number of benzene rings is 1. The summed E-state index contributed by atoms with van der Waals surface area (Å²) in [4.78, 5) is 24.8. The maximum absolute atomic E-state index is 13.0. The first-order valence-corrected chi connectivity index (χ1v) is 7.75. The standard InChI is InChI=1S/C18H17BN2O4/c1-10-15(16(20-25-10)11-4-6-13(19)7-5-11)17(22)12-8-14(18(23)24-3)21(2)9-12/h4-9H,19H2,1-3H3. The molecule has 0 aliphatic rings. The molecule has 126 valence electrons. The van der Waals surface area contributed by atoms with E-state index in [1.54, 1.807) is 24.7 Å². The second-order valence-electron chi connectivity index (χ2n) is 5.87. The van der Waals surface area contributed by atoms with Crippen molar-refractivity contribution in [2.75, 3.05) is 7.11 Å². The van der Waals surface area contributed by atoms with E-state index in [0.29, 0.717) is 28.3 Å². The summed E-state index contributed by atoms with van der Waals surface area (Å²) in [5.41, 5.74) is 3.48. The number of methoxy groups -OCH3 is 1.